The Labute approximate surface area is 157 Å². The van der Waals surface area contributed by atoms with E-state index in [1.165, 1.54) is 11.1 Å². The fourth-order valence-corrected chi connectivity index (χ4v) is 4.11. The molecule has 2 aliphatic heterocycles. The smallest absolute Gasteiger partial charge is 0.269 e. The number of rotatable bonds is 3. The highest BCUT2D eigenvalue weighted by molar-refractivity contribution is 6.31. The lowest BCUT2D eigenvalue weighted by atomic mass is 9.89. The first-order valence-corrected chi connectivity index (χ1v) is 9.30. The number of benzene rings is 1. The van der Waals surface area contributed by atoms with Crippen LogP contribution in [0.4, 0.5) is 0 Å². The molecule has 0 atom stereocenters. The third kappa shape index (κ3) is 3.37. The number of nitrogens with two attached hydrogens (primary N) is 1. The van der Waals surface area contributed by atoms with E-state index >= 15 is 0 Å². The zero-order valence-corrected chi connectivity index (χ0v) is 15.6. The highest BCUT2D eigenvalue weighted by Crippen LogP contribution is 2.34. The van der Waals surface area contributed by atoms with Gasteiger partial charge in [-0.25, -0.2) is 0 Å². The van der Waals surface area contributed by atoms with E-state index in [0.717, 1.165) is 43.2 Å². The van der Waals surface area contributed by atoms with E-state index in [1.807, 2.05) is 17.7 Å². The highest BCUT2D eigenvalue weighted by Gasteiger charge is 2.39. The van der Waals surface area contributed by atoms with Gasteiger partial charge < -0.3 is 10.5 Å². The molecule has 0 radical (unpaired) electrons. The van der Waals surface area contributed by atoms with Crippen LogP contribution in [0, 0.1) is 6.92 Å². The van der Waals surface area contributed by atoms with Crippen molar-refractivity contribution in [1.29, 1.82) is 0 Å². The summed E-state index contributed by atoms with van der Waals surface area (Å²) in [4.78, 5) is 13.8. The van der Waals surface area contributed by atoms with Crippen molar-refractivity contribution in [1.82, 2.24) is 14.7 Å². The minimum absolute atomic E-state index is 0.207. The molecule has 1 fully saturated rings. The molecular weight excluding hydrogens is 352 g/mol. The summed E-state index contributed by atoms with van der Waals surface area (Å²) in [5.74, 6) is -0.495. The molecule has 1 amide bonds. The van der Waals surface area contributed by atoms with E-state index in [-0.39, 0.29) is 5.60 Å². The van der Waals surface area contributed by atoms with Crippen LogP contribution in [0.3, 0.4) is 0 Å². The van der Waals surface area contributed by atoms with Crippen LogP contribution in [0.2, 0.25) is 5.02 Å². The van der Waals surface area contributed by atoms with Gasteiger partial charge in [0.2, 0.25) is 0 Å². The lowest BCUT2D eigenvalue weighted by molar-refractivity contribution is -0.124. The summed E-state index contributed by atoms with van der Waals surface area (Å²) < 4.78 is 8.08. The first-order valence-electron chi connectivity index (χ1n) is 8.92. The van der Waals surface area contributed by atoms with Crippen molar-refractivity contribution in [3.8, 4) is 0 Å². The normalized spacial score (nSPS) is 19.5. The predicted octanol–water partition coefficient (Wildman–Crippen LogP) is 2.51. The largest absolute Gasteiger partial charge is 0.367 e. The maximum absolute atomic E-state index is 11.3. The van der Waals surface area contributed by atoms with Crippen molar-refractivity contribution in [3.63, 3.8) is 0 Å². The van der Waals surface area contributed by atoms with Gasteiger partial charge in [0, 0.05) is 24.7 Å². The molecule has 7 heteroatoms. The molecule has 0 unspecified atom stereocenters. The zero-order valence-electron chi connectivity index (χ0n) is 14.9. The van der Waals surface area contributed by atoms with Crippen LogP contribution in [0.15, 0.2) is 24.3 Å². The number of nitrogens with zero attached hydrogens (tertiary/aromatic N) is 3. The van der Waals surface area contributed by atoms with Gasteiger partial charge in [-0.05, 0) is 43.0 Å². The Morgan fingerprint density at radius 2 is 2.12 bits per heavy atom. The number of hydrogen-bond donors (Lipinski definition) is 1. The molecule has 2 N–H and O–H groups in total. The van der Waals surface area contributed by atoms with E-state index in [1.54, 1.807) is 6.07 Å². The number of hydrogen-bond acceptors (Lipinski definition) is 4. The minimum Gasteiger partial charge on any atom is -0.367 e. The van der Waals surface area contributed by atoms with Crippen molar-refractivity contribution in [2.45, 2.75) is 45.1 Å². The van der Waals surface area contributed by atoms with Gasteiger partial charge in [-0.15, -0.1) is 0 Å². The van der Waals surface area contributed by atoms with Crippen molar-refractivity contribution in [3.05, 3.63) is 51.8 Å². The standard InChI is InChI=1S/C19H23ClN4O2/c1-13-2-3-14(16(20)8-13)10-23-6-4-19(5-7-23)12-24-15(11-26-19)9-17(22-24)18(21)25/h2-3,8-9H,4-7,10-12H2,1H3,(H2,21,25). The number of halogens is 1. The van der Waals surface area contributed by atoms with E-state index in [9.17, 15) is 4.79 Å². The van der Waals surface area contributed by atoms with Crippen molar-refractivity contribution in [2.24, 2.45) is 5.73 Å². The van der Waals surface area contributed by atoms with Gasteiger partial charge in [0.25, 0.3) is 5.91 Å². The number of ether oxygens (including phenoxy) is 1. The molecule has 26 heavy (non-hydrogen) atoms. The molecule has 1 aromatic heterocycles. The van der Waals surface area contributed by atoms with Crippen LogP contribution in [0.25, 0.3) is 0 Å². The molecule has 0 bridgehead atoms. The van der Waals surface area contributed by atoms with Gasteiger partial charge in [0.1, 0.15) is 5.69 Å². The Balaban J connectivity index is 1.41. The SMILES string of the molecule is Cc1ccc(CN2CCC3(CC2)Cn2nc(C(N)=O)cc2CO3)c(Cl)c1. The van der Waals surface area contributed by atoms with Gasteiger partial charge in [0.05, 0.1) is 24.4 Å². The Morgan fingerprint density at radius 1 is 1.35 bits per heavy atom. The van der Waals surface area contributed by atoms with Crippen molar-refractivity contribution in [2.75, 3.05) is 13.1 Å². The second-order valence-corrected chi connectivity index (χ2v) is 7.79. The number of aryl methyl sites for hydroxylation is 1. The summed E-state index contributed by atoms with van der Waals surface area (Å²) in [7, 11) is 0. The average molecular weight is 375 g/mol. The fraction of sp³-hybridized carbons (Fsp3) is 0.474. The Hall–Kier alpha value is -1.89. The Kier molecular flexibility index (Phi) is 4.50. The third-order valence-corrected chi connectivity index (χ3v) is 5.80. The summed E-state index contributed by atoms with van der Waals surface area (Å²) >= 11 is 6.37. The summed E-state index contributed by atoms with van der Waals surface area (Å²) in [6, 6.07) is 7.96. The van der Waals surface area contributed by atoms with Crippen molar-refractivity contribution >= 4 is 17.5 Å². The molecule has 3 heterocycles. The quantitative estimate of drug-likeness (QED) is 0.895. The molecule has 4 rings (SSSR count). The van der Waals surface area contributed by atoms with Crippen LogP contribution in [-0.4, -0.2) is 39.3 Å². The van der Waals surface area contributed by atoms with E-state index in [0.29, 0.717) is 18.8 Å². The zero-order chi connectivity index (χ0) is 18.3. The number of fused-ring (bicyclic) bond motifs is 1. The lowest BCUT2D eigenvalue weighted by Gasteiger charge is -2.44. The van der Waals surface area contributed by atoms with Gasteiger partial charge in [-0.3, -0.25) is 14.4 Å². The summed E-state index contributed by atoms with van der Waals surface area (Å²) in [5.41, 5.74) is 8.70. The Morgan fingerprint density at radius 3 is 2.81 bits per heavy atom. The summed E-state index contributed by atoms with van der Waals surface area (Å²) in [6.07, 6.45) is 1.86. The predicted molar refractivity (Wildman–Crippen MR) is 99.0 cm³/mol. The number of aromatic nitrogens is 2. The number of piperidine rings is 1. The molecule has 2 aliphatic rings. The van der Waals surface area contributed by atoms with E-state index in [2.05, 4.69) is 22.1 Å². The summed E-state index contributed by atoms with van der Waals surface area (Å²) in [6.45, 7) is 5.95. The van der Waals surface area contributed by atoms with Gasteiger partial charge >= 0.3 is 0 Å². The molecule has 0 saturated carbocycles. The van der Waals surface area contributed by atoms with E-state index in [4.69, 9.17) is 22.1 Å². The van der Waals surface area contributed by atoms with Gasteiger partial charge in [-0.2, -0.15) is 5.10 Å². The molecular formula is C19H23ClN4O2. The second kappa shape index (κ2) is 6.68. The fourth-order valence-electron chi connectivity index (χ4n) is 3.82. The topological polar surface area (TPSA) is 73.4 Å². The molecule has 1 aromatic carbocycles. The van der Waals surface area contributed by atoms with Crippen LogP contribution in [0.5, 0.6) is 0 Å². The van der Waals surface area contributed by atoms with Crippen LogP contribution < -0.4 is 5.73 Å². The van der Waals surface area contributed by atoms with Crippen LogP contribution >= 0.6 is 11.6 Å². The first-order chi connectivity index (χ1) is 12.4. The second-order valence-electron chi connectivity index (χ2n) is 7.39. The van der Waals surface area contributed by atoms with Crippen LogP contribution in [0.1, 0.15) is 40.2 Å². The number of carbonyl (C=O) groups excluding carboxylic acids is 1. The minimum atomic E-state index is -0.495. The number of amides is 1. The molecule has 2 aromatic rings. The number of likely N-dealkylation sites (tertiary alicyclic amines) is 1. The molecule has 6 nitrogen and oxygen atoms in total. The molecule has 0 aliphatic carbocycles. The third-order valence-electron chi connectivity index (χ3n) is 5.45. The molecule has 138 valence electrons. The maximum atomic E-state index is 11.3. The van der Waals surface area contributed by atoms with Gasteiger partial charge in [-0.1, -0.05) is 23.7 Å². The molecule has 1 spiro atoms. The van der Waals surface area contributed by atoms with Crippen LogP contribution in [-0.2, 0) is 24.4 Å². The monoisotopic (exact) mass is 374 g/mol. The van der Waals surface area contributed by atoms with Crippen molar-refractivity contribution < 1.29 is 9.53 Å². The first kappa shape index (κ1) is 17.5. The lowest BCUT2D eigenvalue weighted by Crippen LogP contribution is -2.50. The Bertz CT molecular complexity index is 840. The summed E-state index contributed by atoms with van der Waals surface area (Å²) in [5, 5.41) is 5.17. The maximum Gasteiger partial charge on any atom is 0.269 e. The molecule has 1 saturated heterocycles. The van der Waals surface area contributed by atoms with E-state index < -0.39 is 5.91 Å². The number of primary amides is 1. The van der Waals surface area contributed by atoms with Gasteiger partial charge in [0.15, 0.2) is 0 Å². The highest BCUT2D eigenvalue weighted by atomic mass is 35.5. The average Bonchev–Trinajstić information content (AvgIpc) is 3.03. The number of carbonyl (C=O) groups is 1.